The molecule has 0 spiro atoms. The van der Waals surface area contributed by atoms with Crippen LogP contribution < -0.4 is 5.32 Å². The maximum Gasteiger partial charge on any atom is 0.0771 e. The Labute approximate surface area is 113 Å². The first kappa shape index (κ1) is 14.3. The Hall–Kier alpha value is -0.0800. The van der Waals surface area contributed by atoms with Crippen LogP contribution in [0.3, 0.4) is 0 Å². The lowest BCUT2D eigenvalue weighted by atomic mass is 9.76. The van der Waals surface area contributed by atoms with Crippen LogP contribution in [0, 0.1) is 17.8 Å². The highest BCUT2D eigenvalue weighted by molar-refractivity contribution is 4.90. The lowest BCUT2D eigenvalue weighted by Crippen LogP contribution is -2.49. The van der Waals surface area contributed by atoms with E-state index in [1.165, 1.54) is 32.1 Å². The zero-order valence-corrected chi connectivity index (χ0v) is 12.4. The molecule has 0 aromatic rings. The van der Waals surface area contributed by atoms with Gasteiger partial charge in [0.25, 0.3) is 0 Å². The number of rotatable bonds is 3. The van der Waals surface area contributed by atoms with Crippen molar-refractivity contribution in [2.24, 2.45) is 17.8 Å². The molecule has 0 aromatic carbocycles. The zero-order valence-electron chi connectivity index (χ0n) is 12.4. The lowest BCUT2D eigenvalue weighted by Gasteiger charge is -2.39. The number of nitrogens with one attached hydrogen (secondary N) is 1. The molecule has 2 fully saturated rings. The van der Waals surface area contributed by atoms with Gasteiger partial charge in [-0.15, -0.1) is 0 Å². The van der Waals surface area contributed by atoms with Crippen molar-refractivity contribution in [1.82, 2.24) is 5.32 Å². The molecule has 0 heterocycles. The Bertz CT molecular complexity index is 258. The van der Waals surface area contributed by atoms with Crippen LogP contribution in [0.4, 0.5) is 0 Å². The summed E-state index contributed by atoms with van der Waals surface area (Å²) >= 11 is 0. The van der Waals surface area contributed by atoms with E-state index in [1.807, 2.05) is 0 Å². The van der Waals surface area contributed by atoms with E-state index in [0.29, 0.717) is 6.04 Å². The Morgan fingerprint density at radius 3 is 2.39 bits per heavy atom. The quantitative estimate of drug-likeness (QED) is 0.808. The molecule has 0 aromatic heterocycles. The summed E-state index contributed by atoms with van der Waals surface area (Å²) in [5, 5.41) is 14.3. The molecule has 2 aliphatic carbocycles. The summed E-state index contributed by atoms with van der Waals surface area (Å²) in [5.41, 5.74) is -0.424. The van der Waals surface area contributed by atoms with Crippen molar-refractivity contribution in [2.45, 2.75) is 77.4 Å². The van der Waals surface area contributed by atoms with E-state index >= 15 is 0 Å². The second kappa shape index (κ2) is 5.92. The maximum absolute atomic E-state index is 10.6. The average Bonchev–Trinajstić information content (AvgIpc) is 2.35. The third-order valence-electron chi connectivity index (χ3n) is 5.61. The predicted molar refractivity (Wildman–Crippen MR) is 76.6 cm³/mol. The molecule has 0 aliphatic heterocycles. The van der Waals surface area contributed by atoms with Crippen LogP contribution in [0.2, 0.25) is 0 Å². The van der Waals surface area contributed by atoms with Crippen LogP contribution in [0.15, 0.2) is 0 Å². The molecule has 2 N–H and O–H groups in total. The molecule has 2 saturated carbocycles. The first-order valence-corrected chi connectivity index (χ1v) is 7.96. The minimum Gasteiger partial charge on any atom is -0.389 e. The molecule has 2 rings (SSSR count). The minimum absolute atomic E-state index is 0.424. The van der Waals surface area contributed by atoms with Gasteiger partial charge in [0.2, 0.25) is 0 Å². The van der Waals surface area contributed by atoms with Gasteiger partial charge in [0.15, 0.2) is 0 Å². The van der Waals surface area contributed by atoms with Gasteiger partial charge in [-0.25, -0.2) is 0 Å². The Morgan fingerprint density at radius 2 is 1.72 bits per heavy atom. The second-order valence-electron chi connectivity index (χ2n) is 7.16. The fourth-order valence-corrected chi connectivity index (χ4v) is 3.67. The van der Waals surface area contributed by atoms with Crippen LogP contribution in [-0.4, -0.2) is 23.3 Å². The van der Waals surface area contributed by atoms with Crippen molar-refractivity contribution in [1.29, 1.82) is 0 Å². The molecule has 2 nitrogen and oxygen atoms in total. The Balaban J connectivity index is 1.80. The van der Waals surface area contributed by atoms with Gasteiger partial charge < -0.3 is 10.4 Å². The highest BCUT2D eigenvalue weighted by Crippen LogP contribution is 2.33. The normalized spacial score (nSPS) is 46.0. The first-order valence-electron chi connectivity index (χ1n) is 7.96. The van der Waals surface area contributed by atoms with Crippen LogP contribution in [-0.2, 0) is 0 Å². The highest BCUT2D eigenvalue weighted by atomic mass is 16.3. The predicted octanol–water partition coefficient (Wildman–Crippen LogP) is 3.34. The Kier molecular flexibility index (Phi) is 4.71. The van der Waals surface area contributed by atoms with Gasteiger partial charge in [-0.3, -0.25) is 0 Å². The van der Waals surface area contributed by atoms with Crippen molar-refractivity contribution in [2.75, 3.05) is 6.54 Å². The molecule has 0 radical (unpaired) electrons. The summed E-state index contributed by atoms with van der Waals surface area (Å²) in [4.78, 5) is 0. The van der Waals surface area contributed by atoms with Crippen molar-refractivity contribution in [3.8, 4) is 0 Å². The van der Waals surface area contributed by atoms with Gasteiger partial charge in [0.05, 0.1) is 5.60 Å². The van der Waals surface area contributed by atoms with Crippen LogP contribution in [0.5, 0.6) is 0 Å². The van der Waals surface area contributed by atoms with Gasteiger partial charge >= 0.3 is 0 Å². The SMILES string of the molecule is CC1CCC(O)(CNC2CCCC(C)C2C)CC1. The Morgan fingerprint density at radius 1 is 1.06 bits per heavy atom. The standard InChI is InChI=1S/C16H31NO/c1-12-7-9-16(18,10-8-12)11-17-15-6-4-5-13(2)14(15)3/h12-15,17-18H,4-11H2,1-3H3. The number of hydrogen-bond donors (Lipinski definition) is 2. The van der Waals surface area contributed by atoms with Gasteiger partial charge in [-0.05, 0) is 49.9 Å². The fourth-order valence-electron chi connectivity index (χ4n) is 3.67. The summed E-state index contributed by atoms with van der Waals surface area (Å²) in [6.45, 7) is 7.85. The van der Waals surface area contributed by atoms with Gasteiger partial charge in [0.1, 0.15) is 0 Å². The van der Waals surface area contributed by atoms with Gasteiger partial charge in [0, 0.05) is 12.6 Å². The topological polar surface area (TPSA) is 32.3 Å². The fraction of sp³-hybridized carbons (Fsp3) is 1.00. The summed E-state index contributed by atoms with van der Waals surface area (Å²) in [5.74, 6) is 2.39. The largest absolute Gasteiger partial charge is 0.389 e. The van der Waals surface area contributed by atoms with Crippen LogP contribution >= 0.6 is 0 Å². The van der Waals surface area contributed by atoms with E-state index in [2.05, 4.69) is 26.1 Å². The number of hydrogen-bond acceptors (Lipinski definition) is 2. The van der Waals surface area contributed by atoms with Gasteiger partial charge in [-0.2, -0.15) is 0 Å². The van der Waals surface area contributed by atoms with Crippen molar-refractivity contribution in [3.63, 3.8) is 0 Å². The van der Waals surface area contributed by atoms with Crippen molar-refractivity contribution >= 4 is 0 Å². The summed E-state index contributed by atoms with van der Waals surface area (Å²) in [7, 11) is 0. The smallest absolute Gasteiger partial charge is 0.0771 e. The molecule has 3 unspecified atom stereocenters. The van der Waals surface area contributed by atoms with Crippen LogP contribution in [0.1, 0.15) is 65.7 Å². The van der Waals surface area contributed by atoms with E-state index in [9.17, 15) is 5.11 Å². The molecule has 18 heavy (non-hydrogen) atoms. The average molecular weight is 253 g/mol. The van der Waals surface area contributed by atoms with E-state index in [0.717, 1.165) is 37.1 Å². The molecule has 0 amide bonds. The second-order valence-corrected chi connectivity index (χ2v) is 7.16. The molecule has 3 atom stereocenters. The molecule has 0 saturated heterocycles. The third-order valence-corrected chi connectivity index (χ3v) is 5.61. The first-order chi connectivity index (χ1) is 8.50. The van der Waals surface area contributed by atoms with Crippen molar-refractivity contribution in [3.05, 3.63) is 0 Å². The number of aliphatic hydroxyl groups is 1. The van der Waals surface area contributed by atoms with Gasteiger partial charge in [-0.1, -0.05) is 33.6 Å². The van der Waals surface area contributed by atoms with E-state index in [-0.39, 0.29) is 0 Å². The molecule has 106 valence electrons. The highest BCUT2D eigenvalue weighted by Gasteiger charge is 2.34. The summed E-state index contributed by atoms with van der Waals surface area (Å²) in [6, 6.07) is 0.622. The van der Waals surface area contributed by atoms with Crippen LogP contribution in [0.25, 0.3) is 0 Å². The van der Waals surface area contributed by atoms with E-state index in [4.69, 9.17) is 0 Å². The minimum atomic E-state index is -0.424. The zero-order chi connectivity index (χ0) is 13.2. The molecule has 2 aliphatic rings. The molecular formula is C16H31NO. The van der Waals surface area contributed by atoms with E-state index < -0.39 is 5.60 Å². The lowest BCUT2D eigenvalue weighted by molar-refractivity contribution is -0.0116. The third kappa shape index (κ3) is 3.48. The van der Waals surface area contributed by atoms with Crippen molar-refractivity contribution < 1.29 is 5.11 Å². The summed E-state index contributed by atoms with van der Waals surface area (Å²) < 4.78 is 0. The monoisotopic (exact) mass is 253 g/mol. The van der Waals surface area contributed by atoms with E-state index in [1.54, 1.807) is 0 Å². The molecule has 0 bridgehead atoms. The molecular weight excluding hydrogens is 222 g/mol. The maximum atomic E-state index is 10.6. The molecule has 2 heteroatoms. The summed E-state index contributed by atoms with van der Waals surface area (Å²) in [6.07, 6.45) is 8.36.